The topological polar surface area (TPSA) is 69.3 Å². The zero-order chi connectivity index (χ0) is 19.0. The predicted octanol–water partition coefficient (Wildman–Crippen LogP) is 2.04. The lowest BCUT2D eigenvalue weighted by Gasteiger charge is -2.55. The quantitative estimate of drug-likeness (QED) is 0.714. The highest BCUT2D eigenvalue weighted by molar-refractivity contribution is 5.67. The van der Waals surface area contributed by atoms with Gasteiger partial charge in [0.1, 0.15) is 11.7 Å². The maximum atomic E-state index is 12.3. The van der Waals surface area contributed by atoms with Gasteiger partial charge in [-0.1, -0.05) is 19.1 Å². The molecule has 4 saturated heterocycles. The van der Waals surface area contributed by atoms with Crippen LogP contribution < -0.4 is 5.32 Å². The summed E-state index contributed by atoms with van der Waals surface area (Å²) in [6.45, 7) is 11.0. The van der Waals surface area contributed by atoms with Gasteiger partial charge in [-0.2, -0.15) is 0 Å². The Hall–Kier alpha value is -1.41. The Bertz CT molecular complexity index is 605. The number of rotatable bonds is 6. The number of alkyl carbamates (subject to hydrolysis) is 1. The number of likely N-dealkylation sites (tertiary alicyclic amines) is 1. The van der Waals surface area contributed by atoms with Crippen LogP contribution in [-0.4, -0.2) is 68.6 Å². The van der Waals surface area contributed by atoms with Crippen molar-refractivity contribution in [2.45, 2.75) is 50.0 Å². The second kappa shape index (κ2) is 7.54. The standard InChI is InChI=1S/C20H30N2O5/c1-4-8-21-19(23)25-15-11-14-13(2)17-26-18(24-3)16(14)20(15,27-17)12-22-9-6-5-7-10-22/h4,14-18H,1-2,5-12H2,3H3,(H,21,23)/t14?,15-,16?,17?,18?,20?/m1/s1. The minimum absolute atomic E-state index is 0.0286. The van der Waals surface area contributed by atoms with Crippen LogP contribution in [0, 0.1) is 11.8 Å². The molecule has 5 rings (SSSR count). The molecule has 7 heteroatoms. The number of ether oxygens (including phenoxy) is 4. The van der Waals surface area contributed by atoms with Gasteiger partial charge in [-0.15, -0.1) is 6.58 Å². The molecule has 4 aliphatic heterocycles. The molecule has 5 aliphatic rings. The fourth-order valence-corrected chi connectivity index (χ4v) is 5.25. The molecular weight excluding hydrogens is 348 g/mol. The normalized spacial score (nSPS) is 40.8. The number of carbonyl (C=O) groups is 1. The van der Waals surface area contributed by atoms with Crippen LogP contribution >= 0.6 is 0 Å². The first-order valence-corrected chi connectivity index (χ1v) is 9.91. The van der Waals surface area contributed by atoms with Crippen molar-refractivity contribution in [3.63, 3.8) is 0 Å². The molecule has 5 fully saturated rings. The van der Waals surface area contributed by atoms with Gasteiger partial charge >= 0.3 is 6.09 Å². The van der Waals surface area contributed by atoms with Gasteiger partial charge in [0.05, 0.1) is 5.92 Å². The van der Waals surface area contributed by atoms with Crippen molar-refractivity contribution in [3.05, 3.63) is 24.8 Å². The summed E-state index contributed by atoms with van der Waals surface area (Å²) in [6.07, 6.45) is 4.31. The van der Waals surface area contributed by atoms with Crippen LogP contribution in [-0.2, 0) is 18.9 Å². The fraction of sp³-hybridized carbons (Fsp3) is 0.750. The molecule has 0 aromatic heterocycles. The molecule has 27 heavy (non-hydrogen) atoms. The summed E-state index contributed by atoms with van der Waals surface area (Å²) < 4.78 is 23.9. The van der Waals surface area contributed by atoms with Gasteiger partial charge in [-0.3, -0.25) is 0 Å². The SMILES string of the molecule is C=CCNC(=O)O[C@@H]1CC2C(=C)C3OC(OC)C2C1(CN1CCCCC1)O3. The molecule has 150 valence electrons. The number of methoxy groups -OCH3 is 1. The van der Waals surface area contributed by atoms with Crippen LogP contribution in [0.1, 0.15) is 25.7 Å². The van der Waals surface area contributed by atoms with Crippen LogP contribution in [0.4, 0.5) is 4.79 Å². The van der Waals surface area contributed by atoms with E-state index < -0.39 is 18.0 Å². The smallest absolute Gasteiger partial charge is 0.407 e. The van der Waals surface area contributed by atoms with Crippen LogP contribution in [0.5, 0.6) is 0 Å². The average molecular weight is 378 g/mol. The van der Waals surface area contributed by atoms with E-state index in [0.717, 1.165) is 25.2 Å². The van der Waals surface area contributed by atoms with Crippen molar-refractivity contribution in [2.75, 3.05) is 33.3 Å². The third kappa shape index (κ3) is 3.20. The monoisotopic (exact) mass is 378 g/mol. The van der Waals surface area contributed by atoms with E-state index in [-0.39, 0.29) is 24.2 Å². The average Bonchev–Trinajstić information content (AvgIpc) is 2.95. The van der Waals surface area contributed by atoms with Crippen LogP contribution in [0.15, 0.2) is 24.8 Å². The van der Waals surface area contributed by atoms with Crippen LogP contribution in [0.2, 0.25) is 0 Å². The molecule has 5 unspecified atom stereocenters. The molecule has 1 N–H and O–H groups in total. The van der Waals surface area contributed by atoms with E-state index in [9.17, 15) is 4.79 Å². The Balaban J connectivity index is 1.61. The summed E-state index contributed by atoms with van der Waals surface area (Å²) in [5.41, 5.74) is 0.304. The number of fused-ring (bicyclic) bond motifs is 1. The second-order valence-corrected chi connectivity index (χ2v) is 7.99. The van der Waals surface area contributed by atoms with E-state index >= 15 is 0 Å². The Morgan fingerprint density at radius 3 is 2.89 bits per heavy atom. The molecule has 0 aromatic carbocycles. The minimum Gasteiger partial charge on any atom is -0.443 e. The van der Waals surface area contributed by atoms with Gasteiger partial charge in [0.2, 0.25) is 0 Å². The first-order valence-electron chi connectivity index (χ1n) is 9.91. The first kappa shape index (κ1) is 18.9. The summed E-state index contributed by atoms with van der Waals surface area (Å²) in [6, 6.07) is 0. The largest absolute Gasteiger partial charge is 0.443 e. The molecule has 1 saturated carbocycles. The number of carbonyl (C=O) groups excluding carboxylic acids is 1. The van der Waals surface area contributed by atoms with E-state index in [0.29, 0.717) is 13.0 Å². The summed E-state index contributed by atoms with van der Waals surface area (Å²) in [4.78, 5) is 14.7. The summed E-state index contributed by atoms with van der Waals surface area (Å²) in [7, 11) is 1.66. The summed E-state index contributed by atoms with van der Waals surface area (Å²) in [5.74, 6) is 0.142. The van der Waals surface area contributed by atoms with Crippen LogP contribution in [0.3, 0.4) is 0 Å². The van der Waals surface area contributed by atoms with Gasteiger partial charge in [0.15, 0.2) is 12.6 Å². The number of nitrogens with zero attached hydrogens (tertiary/aromatic N) is 1. The van der Waals surface area contributed by atoms with Crippen molar-refractivity contribution in [2.24, 2.45) is 11.8 Å². The van der Waals surface area contributed by atoms with Gasteiger partial charge in [-0.25, -0.2) is 4.79 Å². The second-order valence-electron chi connectivity index (χ2n) is 7.99. The summed E-state index contributed by atoms with van der Waals surface area (Å²) >= 11 is 0. The number of hydrogen-bond acceptors (Lipinski definition) is 6. The maximum Gasteiger partial charge on any atom is 0.407 e. The predicted molar refractivity (Wildman–Crippen MR) is 99.0 cm³/mol. The minimum atomic E-state index is -0.627. The Morgan fingerprint density at radius 1 is 1.41 bits per heavy atom. The highest BCUT2D eigenvalue weighted by Gasteiger charge is 2.70. The highest BCUT2D eigenvalue weighted by Crippen LogP contribution is 2.59. The van der Waals surface area contributed by atoms with Crippen molar-refractivity contribution in [3.8, 4) is 0 Å². The molecule has 0 radical (unpaired) electrons. The number of amides is 1. The van der Waals surface area contributed by atoms with Gasteiger partial charge in [-0.05, 0) is 43.8 Å². The number of nitrogens with one attached hydrogen (secondary N) is 1. The summed E-state index contributed by atoms with van der Waals surface area (Å²) in [5, 5.41) is 2.71. The number of hydrogen-bond donors (Lipinski definition) is 1. The van der Waals surface area contributed by atoms with Gasteiger partial charge in [0, 0.05) is 20.2 Å². The Morgan fingerprint density at radius 2 is 2.19 bits per heavy atom. The Kier molecular flexibility index (Phi) is 5.29. The van der Waals surface area contributed by atoms with E-state index in [2.05, 4.69) is 23.4 Å². The zero-order valence-electron chi connectivity index (χ0n) is 16.0. The molecule has 0 spiro atoms. The number of piperidine rings is 1. The lowest BCUT2D eigenvalue weighted by molar-refractivity contribution is -0.375. The molecule has 0 aromatic rings. The lowest BCUT2D eigenvalue weighted by Crippen LogP contribution is -2.67. The van der Waals surface area contributed by atoms with Crippen molar-refractivity contribution < 1.29 is 23.7 Å². The maximum absolute atomic E-state index is 12.3. The third-order valence-corrected chi connectivity index (χ3v) is 6.46. The third-order valence-electron chi connectivity index (χ3n) is 6.46. The molecular formula is C20H30N2O5. The van der Waals surface area contributed by atoms with Crippen molar-refractivity contribution in [1.82, 2.24) is 10.2 Å². The van der Waals surface area contributed by atoms with E-state index in [1.165, 1.54) is 19.3 Å². The molecule has 1 amide bonds. The zero-order valence-corrected chi connectivity index (χ0v) is 16.0. The lowest BCUT2D eigenvalue weighted by atomic mass is 9.76. The van der Waals surface area contributed by atoms with Gasteiger partial charge < -0.3 is 29.2 Å². The van der Waals surface area contributed by atoms with Gasteiger partial charge in [0.25, 0.3) is 0 Å². The van der Waals surface area contributed by atoms with E-state index in [1.54, 1.807) is 13.2 Å². The molecule has 7 nitrogen and oxygen atoms in total. The molecule has 4 bridgehead atoms. The Labute approximate surface area is 160 Å². The molecule has 4 heterocycles. The van der Waals surface area contributed by atoms with E-state index in [4.69, 9.17) is 18.9 Å². The van der Waals surface area contributed by atoms with Crippen molar-refractivity contribution in [1.29, 1.82) is 0 Å². The molecule has 1 aliphatic carbocycles. The van der Waals surface area contributed by atoms with Crippen LogP contribution in [0.25, 0.3) is 0 Å². The molecule has 6 atom stereocenters. The van der Waals surface area contributed by atoms with E-state index in [1.807, 2.05) is 0 Å². The first-order chi connectivity index (χ1) is 13.1. The fourth-order valence-electron chi connectivity index (χ4n) is 5.25. The van der Waals surface area contributed by atoms with Crippen molar-refractivity contribution >= 4 is 6.09 Å². The highest BCUT2D eigenvalue weighted by atomic mass is 16.8.